The summed E-state index contributed by atoms with van der Waals surface area (Å²) in [4.78, 5) is 12.2. The second-order valence-electron chi connectivity index (χ2n) is 5.03. The van der Waals surface area contributed by atoms with Gasteiger partial charge in [-0.2, -0.15) is 0 Å². The van der Waals surface area contributed by atoms with Crippen LogP contribution in [0.3, 0.4) is 0 Å². The molecule has 0 saturated heterocycles. The molecule has 0 aliphatic rings. The number of amides is 1. The van der Waals surface area contributed by atoms with E-state index in [4.69, 9.17) is 15.2 Å². The van der Waals surface area contributed by atoms with E-state index in [1.165, 1.54) is 0 Å². The average molecular weight is 300 g/mol. The fourth-order valence-corrected chi connectivity index (χ4v) is 1.98. The molecule has 0 aliphatic heterocycles. The Bertz CT molecular complexity index is 671. The number of carbonyl (C=O) groups excluding carboxylic acids is 1. The van der Waals surface area contributed by atoms with Crippen LogP contribution >= 0.6 is 0 Å². The van der Waals surface area contributed by atoms with E-state index in [2.05, 4.69) is 5.32 Å². The fourth-order valence-electron chi connectivity index (χ4n) is 1.98. The van der Waals surface area contributed by atoms with Gasteiger partial charge in [-0.25, -0.2) is 0 Å². The minimum absolute atomic E-state index is 0.256. The Hall–Kier alpha value is -2.69. The summed E-state index contributed by atoms with van der Waals surface area (Å²) in [5.41, 5.74) is 7.97. The molecule has 2 aromatic carbocycles. The van der Waals surface area contributed by atoms with E-state index in [1.807, 2.05) is 19.1 Å². The van der Waals surface area contributed by atoms with Gasteiger partial charge in [-0.3, -0.25) is 4.79 Å². The van der Waals surface area contributed by atoms with Crippen molar-refractivity contribution >= 4 is 17.3 Å². The summed E-state index contributed by atoms with van der Waals surface area (Å²) in [6.45, 7) is 3.64. The second-order valence-corrected chi connectivity index (χ2v) is 5.03. The zero-order valence-corrected chi connectivity index (χ0v) is 12.9. The summed E-state index contributed by atoms with van der Waals surface area (Å²) >= 11 is 0. The molecule has 0 aromatic heterocycles. The zero-order valence-electron chi connectivity index (χ0n) is 12.9. The number of hydrogen-bond acceptors (Lipinski definition) is 4. The van der Waals surface area contributed by atoms with Crippen LogP contribution < -0.4 is 20.5 Å². The summed E-state index contributed by atoms with van der Waals surface area (Å²) in [6, 6.07) is 12.5. The smallest absolute Gasteiger partial charge is 0.265 e. The molecular weight excluding hydrogens is 280 g/mol. The molecule has 116 valence electrons. The van der Waals surface area contributed by atoms with Crippen LogP contribution in [0.4, 0.5) is 11.4 Å². The Labute approximate surface area is 130 Å². The number of nitrogen functional groups attached to an aromatic ring is 1. The quantitative estimate of drug-likeness (QED) is 0.833. The molecule has 0 heterocycles. The maximum Gasteiger partial charge on any atom is 0.265 e. The number of carbonyl (C=O) groups is 1. The minimum atomic E-state index is -0.668. The van der Waals surface area contributed by atoms with E-state index in [0.29, 0.717) is 22.9 Å². The fraction of sp³-hybridized carbons (Fsp3) is 0.235. The standard InChI is InChI=1S/C17H20N2O3/c1-11-7-8-15(16(9-11)21-3)22-12(2)17(20)19-14-6-4-5-13(18)10-14/h4-10,12H,18H2,1-3H3,(H,19,20). The first-order valence-electron chi connectivity index (χ1n) is 6.97. The van der Waals surface area contributed by atoms with Gasteiger partial charge in [0.25, 0.3) is 5.91 Å². The molecular formula is C17H20N2O3. The first kappa shape index (κ1) is 15.7. The average Bonchev–Trinajstić information content (AvgIpc) is 2.48. The van der Waals surface area contributed by atoms with Gasteiger partial charge >= 0.3 is 0 Å². The number of ether oxygens (including phenoxy) is 2. The number of nitrogens with one attached hydrogen (secondary N) is 1. The van der Waals surface area contributed by atoms with Gasteiger partial charge in [-0.1, -0.05) is 12.1 Å². The highest BCUT2D eigenvalue weighted by molar-refractivity contribution is 5.94. The van der Waals surface area contributed by atoms with Crippen molar-refractivity contribution in [1.82, 2.24) is 0 Å². The molecule has 3 N–H and O–H groups in total. The summed E-state index contributed by atoms with van der Waals surface area (Å²) in [7, 11) is 1.57. The molecule has 0 saturated carbocycles. The third kappa shape index (κ3) is 3.91. The molecule has 0 radical (unpaired) electrons. The van der Waals surface area contributed by atoms with Crippen LogP contribution in [0.5, 0.6) is 11.5 Å². The van der Waals surface area contributed by atoms with Crippen molar-refractivity contribution in [3.63, 3.8) is 0 Å². The molecule has 0 fully saturated rings. The van der Waals surface area contributed by atoms with E-state index in [-0.39, 0.29) is 5.91 Å². The maximum atomic E-state index is 12.2. The van der Waals surface area contributed by atoms with Gasteiger partial charge in [0.15, 0.2) is 17.6 Å². The third-order valence-electron chi connectivity index (χ3n) is 3.15. The molecule has 1 unspecified atom stereocenters. The van der Waals surface area contributed by atoms with Gasteiger partial charge in [0.1, 0.15) is 0 Å². The van der Waals surface area contributed by atoms with Gasteiger partial charge in [0.05, 0.1) is 7.11 Å². The molecule has 0 spiro atoms. The lowest BCUT2D eigenvalue weighted by Gasteiger charge is -2.17. The second kappa shape index (κ2) is 6.85. The molecule has 5 nitrogen and oxygen atoms in total. The van der Waals surface area contributed by atoms with Gasteiger partial charge < -0.3 is 20.5 Å². The third-order valence-corrected chi connectivity index (χ3v) is 3.15. The summed E-state index contributed by atoms with van der Waals surface area (Å²) in [5, 5.41) is 2.77. The Morgan fingerprint density at radius 3 is 2.64 bits per heavy atom. The highest BCUT2D eigenvalue weighted by Crippen LogP contribution is 2.28. The van der Waals surface area contributed by atoms with Gasteiger partial charge in [0, 0.05) is 11.4 Å². The number of aryl methyl sites for hydroxylation is 1. The predicted octanol–water partition coefficient (Wildman–Crippen LogP) is 2.99. The predicted molar refractivity (Wildman–Crippen MR) is 87.3 cm³/mol. The van der Waals surface area contributed by atoms with Crippen LogP contribution in [0.15, 0.2) is 42.5 Å². The van der Waals surface area contributed by atoms with E-state index >= 15 is 0 Å². The highest BCUT2D eigenvalue weighted by Gasteiger charge is 2.17. The first-order chi connectivity index (χ1) is 10.5. The van der Waals surface area contributed by atoms with E-state index in [9.17, 15) is 4.79 Å². The van der Waals surface area contributed by atoms with Crippen molar-refractivity contribution in [2.75, 3.05) is 18.2 Å². The maximum absolute atomic E-state index is 12.2. The van der Waals surface area contributed by atoms with E-state index in [0.717, 1.165) is 5.56 Å². The first-order valence-corrected chi connectivity index (χ1v) is 6.97. The largest absolute Gasteiger partial charge is 0.493 e. The number of rotatable bonds is 5. The lowest BCUT2D eigenvalue weighted by molar-refractivity contribution is -0.122. The van der Waals surface area contributed by atoms with Crippen molar-refractivity contribution in [3.05, 3.63) is 48.0 Å². The van der Waals surface area contributed by atoms with Crippen LogP contribution in [0.2, 0.25) is 0 Å². The SMILES string of the molecule is COc1cc(C)ccc1OC(C)C(=O)Nc1cccc(N)c1. The monoisotopic (exact) mass is 300 g/mol. The summed E-state index contributed by atoms with van der Waals surface area (Å²) in [5.74, 6) is 0.875. The molecule has 22 heavy (non-hydrogen) atoms. The zero-order chi connectivity index (χ0) is 16.1. The normalized spacial score (nSPS) is 11.6. The summed E-state index contributed by atoms with van der Waals surface area (Å²) < 4.78 is 11.0. The summed E-state index contributed by atoms with van der Waals surface area (Å²) in [6.07, 6.45) is -0.668. The van der Waals surface area contributed by atoms with Crippen molar-refractivity contribution < 1.29 is 14.3 Å². The number of hydrogen-bond donors (Lipinski definition) is 2. The molecule has 0 bridgehead atoms. The minimum Gasteiger partial charge on any atom is -0.493 e. The van der Waals surface area contributed by atoms with Crippen LogP contribution in [0.25, 0.3) is 0 Å². The topological polar surface area (TPSA) is 73.6 Å². The van der Waals surface area contributed by atoms with E-state index in [1.54, 1.807) is 44.4 Å². The van der Waals surface area contributed by atoms with Crippen molar-refractivity contribution in [2.45, 2.75) is 20.0 Å². The Balaban J connectivity index is 2.05. The number of benzene rings is 2. The van der Waals surface area contributed by atoms with Crippen molar-refractivity contribution in [2.24, 2.45) is 0 Å². The van der Waals surface area contributed by atoms with Crippen molar-refractivity contribution in [1.29, 1.82) is 0 Å². The molecule has 5 heteroatoms. The highest BCUT2D eigenvalue weighted by atomic mass is 16.5. The lowest BCUT2D eigenvalue weighted by atomic mass is 10.2. The molecule has 1 amide bonds. The molecule has 2 aromatic rings. The molecule has 0 aliphatic carbocycles. The Morgan fingerprint density at radius 2 is 1.95 bits per heavy atom. The van der Waals surface area contributed by atoms with Crippen LogP contribution in [-0.4, -0.2) is 19.1 Å². The molecule has 2 rings (SSSR count). The number of anilines is 2. The van der Waals surface area contributed by atoms with Gasteiger partial charge in [-0.15, -0.1) is 0 Å². The molecule has 1 atom stereocenters. The Morgan fingerprint density at radius 1 is 1.18 bits per heavy atom. The van der Waals surface area contributed by atoms with Gasteiger partial charge in [0.2, 0.25) is 0 Å². The lowest BCUT2D eigenvalue weighted by Crippen LogP contribution is -2.30. The van der Waals surface area contributed by atoms with E-state index < -0.39 is 6.10 Å². The Kier molecular flexibility index (Phi) is 4.88. The van der Waals surface area contributed by atoms with Crippen LogP contribution in [0, 0.1) is 6.92 Å². The van der Waals surface area contributed by atoms with Crippen LogP contribution in [-0.2, 0) is 4.79 Å². The van der Waals surface area contributed by atoms with Crippen molar-refractivity contribution in [3.8, 4) is 11.5 Å². The van der Waals surface area contributed by atoms with Gasteiger partial charge in [-0.05, 0) is 49.7 Å². The number of nitrogens with two attached hydrogens (primary N) is 1. The van der Waals surface area contributed by atoms with Crippen LogP contribution in [0.1, 0.15) is 12.5 Å². The number of methoxy groups -OCH3 is 1.